The molecule has 0 N–H and O–H groups in total. The molecule has 3 aliphatic rings. The zero-order valence-electron chi connectivity index (χ0n) is 22.5. The SMILES string of the molecule is FC1CCN(Cc2ccc(CC(c3nncn3Cc3ccccc3)N3CC[C@H](N4CCCC4)C3)cc2)CC1. The smallest absolute Gasteiger partial charge is 0.150 e. The molecule has 0 amide bonds. The van der Waals surface area contributed by atoms with Gasteiger partial charge >= 0.3 is 0 Å². The van der Waals surface area contributed by atoms with Crippen molar-refractivity contribution < 1.29 is 4.39 Å². The standard InChI is InChI=1S/C31H41FN6/c32-28-12-17-35(18-13-28)21-27-10-8-25(9-11-27)20-30(37-19-14-29(23-37)36-15-4-5-16-36)31-34-33-24-38(31)22-26-6-2-1-3-7-26/h1-3,6-11,24,28-30H,4-5,12-23H2/t29-,30?/m0/s1. The summed E-state index contributed by atoms with van der Waals surface area (Å²) in [5.74, 6) is 1.06. The van der Waals surface area contributed by atoms with Crippen LogP contribution in [0.4, 0.5) is 4.39 Å². The molecule has 0 aliphatic carbocycles. The first-order valence-electron chi connectivity index (χ1n) is 14.6. The molecule has 3 saturated heterocycles. The van der Waals surface area contributed by atoms with Gasteiger partial charge in [0, 0.05) is 38.8 Å². The van der Waals surface area contributed by atoms with E-state index in [1.165, 1.54) is 49.0 Å². The van der Waals surface area contributed by atoms with E-state index in [1.807, 2.05) is 6.33 Å². The van der Waals surface area contributed by atoms with Gasteiger partial charge in [-0.3, -0.25) is 14.7 Å². The number of aromatic nitrogens is 3. The van der Waals surface area contributed by atoms with Gasteiger partial charge in [0.1, 0.15) is 12.5 Å². The minimum Gasteiger partial charge on any atom is -0.312 e. The lowest BCUT2D eigenvalue weighted by Crippen LogP contribution is -2.37. The van der Waals surface area contributed by atoms with Gasteiger partial charge in [-0.15, -0.1) is 10.2 Å². The second-order valence-electron chi connectivity index (χ2n) is 11.5. The molecule has 0 spiro atoms. The number of likely N-dealkylation sites (tertiary alicyclic amines) is 3. The highest BCUT2D eigenvalue weighted by Gasteiger charge is 2.35. The molecule has 38 heavy (non-hydrogen) atoms. The van der Waals surface area contributed by atoms with Crippen LogP contribution in [0.2, 0.25) is 0 Å². The van der Waals surface area contributed by atoms with Crippen LogP contribution in [-0.2, 0) is 19.5 Å². The van der Waals surface area contributed by atoms with Gasteiger partial charge in [-0.1, -0.05) is 54.6 Å². The van der Waals surface area contributed by atoms with Crippen LogP contribution >= 0.6 is 0 Å². The lowest BCUT2D eigenvalue weighted by Gasteiger charge is -2.30. The van der Waals surface area contributed by atoms with Crippen LogP contribution in [0.5, 0.6) is 0 Å². The lowest BCUT2D eigenvalue weighted by atomic mass is 10.0. The van der Waals surface area contributed by atoms with Crippen molar-refractivity contribution in [1.82, 2.24) is 29.5 Å². The molecule has 0 radical (unpaired) electrons. The minimum atomic E-state index is -0.620. The predicted octanol–water partition coefficient (Wildman–Crippen LogP) is 4.71. The number of benzene rings is 2. The van der Waals surface area contributed by atoms with E-state index in [9.17, 15) is 4.39 Å². The Morgan fingerprint density at radius 2 is 1.50 bits per heavy atom. The first-order chi connectivity index (χ1) is 18.7. The Labute approximate surface area is 226 Å². The Morgan fingerprint density at radius 3 is 2.26 bits per heavy atom. The lowest BCUT2D eigenvalue weighted by molar-refractivity contribution is 0.145. The molecule has 0 saturated carbocycles. The number of alkyl halides is 1. The van der Waals surface area contributed by atoms with Gasteiger partial charge < -0.3 is 4.57 Å². The molecule has 3 fully saturated rings. The van der Waals surface area contributed by atoms with Gasteiger partial charge in [-0.2, -0.15) is 0 Å². The summed E-state index contributed by atoms with van der Waals surface area (Å²) in [6.45, 7) is 8.11. The molecule has 3 aliphatic heterocycles. The molecule has 2 atom stereocenters. The number of rotatable bonds is 9. The summed E-state index contributed by atoms with van der Waals surface area (Å²) >= 11 is 0. The summed E-state index contributed by atoms with van der Waals surface area (Å²) in [4.78, 5) is 7.73. The Balaban J connectivity index is 1.19. The second kappa shape index (κ2) is 12.1. The van der Waals surface area contributed by atoms with Crippen molar-refractivity contribution in [1.29, 1.82) is 0 Å². The van der Waals surface area contributed by atoms with E-state index < -0.39 is 6.17 Å². The number of hydrogen-bond acceptors (Lipinski definition) is 5. The molecule has 3 aromatic rings. The summed E-state index contributed by atoms with van der Waals surface area (Å²) < 4.78 is 15.8. The van der Waals surface area contributed by atoms with Crippen molar-refractivity contribution in [2.45, 2.75) is 69.9 Å². The van der Waals surface area contributed by atoms with E-state index >= 15 is 0 Å². The molecule has 0 bridgehead atoms. The Morgan fingerprint density at radius 1 is 0.789 bits per heavy atom. The summed E-state index contributed by atoms with van der Waals surface area (Å²) in [5, 5.41) is 9.07. The largest absolute Gasteiger partial charge is 0.312 e. The average Bonchev–Trinajstić information content (AvgIpc) is 3.73. The molecule has 4 heterocycles. The molecule has 7 heteroatoms. The molecule has 2 aromatic carbocycles. The van der Waals surface area contributed by atoms with Crippen molar-refractivity contribution in [2.75, 3.05) is 39.3 Å². The highest BCUT2D eigenvalue weighted by Crippen LogP contribution is 2.31. The van der Waals surface area contributed by atoms with Crippen molar-refractivity contribution >= 4 is 0 Å². The molecule has 6 nitrogen and oxygen atoms in total. The Bertz CT molecular complexity index is 1130. The van der Waals surface area contributed by atoms with Crippen LogP contribution in [-0.4, -0.2) is 80.9 Å². The fraction of sp³-hybridized carbons (Fsp3) is 0.548. The monoisotopic (exact) mass is 516 g/mol. The Hall–Kier alpha value is -2.61. The number of halogens is 1. The zero-order chi connectivity index (χ0) is 25.7. The average molecular weight is 517 g/mol. The summed E-state index contributed by atoms with van der Waals surface area (Å²) in [6.07, 6.45) is 7.44. The zero-order valence-corrected chi connectivity index (χ0v) is 22.5. The molecule has 1 unspecified atom stereocenters. The summed E-state index contributed by atoms with van der Waals surface area (Å²) in [5.41, 5.74) is 3.91. The normalized spacial score (nSPS) is 22.8. The first-order valence-corrected chi connectivity index (χ1v) is 14.6. The molecular formula is C31H41FN6. The van der Waals surface area contributed by atoms with Crippen LogP contribution in [0.3, 0.4) is 0 Å². The molecule has 1 aromatic heterocycles. The highest BCUT2D eigenvalue weighted by molar-refractivity contribution is 5.25. The highest BCUT2D eigenvalue weighted by atomic mass is 19.1. The van der Waals surface area contributed by atoms with Gasteiger partial charge in [0.15, 0.2) is 5.82 Å². The van der Waals surface area contributed by atoms with Crippen molar-refractivity contribution in [3.05, 3.63) is 83.4 Å². The first kappa shape index (κ1) is 25.7. The van der Waals surface area contributed by atoms with Gasteiger partial charge in [0.25, 0.3) is 0 Å². The third kappa shape index (κ3) is 6.16. The minimum absolute atomic E-state index is 0.197. The van der Waals surface area contributed by atoms with Gasteiger partial charge in [-0.25, -0.2) is 4.39 Å². The quantitative estimate of drug-likeness (QED) is 0.412. The maximum absolute atomic E-state index is 13.5. The van der Waals surface area contributed by atoms with Gasteiger partial charge in [0.05, 0.1) is 12.6 Å². The maximum atomic E-state index is 13.5. The third-order valence-electron chi connectivity index (χ3n) is 8.81. The van der Waals surface area contributed by atoms with Crippen molar-refractivity contribution in [3.8, 4) is 0 Å². The van der Waals surface area contributed by atoms with Crippen LogP contribution < -0.4 is 0 Å². The molecule has 6 rings (SSSR count). The maximum Gasteiger partial charge on any atom is 0.150 e. The number of nitrogens with zero attached hydrogens (tertiary/aromatic N) is 6. The van der Waals surface area contributed by atoms with E-state index in [0.29, 0.717) is 18.9 Å². The number of hydrogen-bond donors (Lipinski definition) is 0. The molecular weight excluding hydrogens is 475 g/mol. The van der Waals surface area contributed by atoms with Crippen molar-refractivity contribution in [2.24, 2.45) is 0 Å². The molecule has 202 valence electrons. The second-order valence-corrected chi connectivity index (χ2v) is 11.5. The fourth-order valence-electron chi connectivity index (χ4n) is 6.59. The van der Waals surface area contributed by atoms with E-state index in [2.05, 4.69) is 79.0 Å². The van der Waals surface area contributed by atoms with Crippen LogP contribution in [0.15, 0.2) is 60.9 Å². The van der Waals surface area contributed by atoms with E-state index in [0.717, 1.165) is 51.5 Å². The van der Waals surface area contributed by atoms with E-state index in [4.69, 9.17) is 5.10 Å². The van der Waals surface area contributed by atoms with E-state index in [1.54, 1.807) is 0 Å². The summed E-state index contributed by atoms with van der Waals surface area (Å²) in [6, 6.07) is 20.6. The van der Waals surface area contributed by atoms with Crippen molar-refractivity contribution in [3.63, 3.8) is 0 Å². The summed E-state index contributed by atoms with van der Waals surface area (Å²) in [7, 11) is 0. The number of piperidine rings is 1. The van der Waals surface area contributed by atoms with Gasteiger partial charge in [-0.05, 0) is 68.3 Å². The van der Waals surface area contributed by atoms with E-state index in [-0.39, 0.29) is 6.04 Å². The third-order valence-corrected chi connectivity index (χ3v) is 8.81. The van der Waals surface area contributed by atoms with Crippen LogP contribution in [0, 0.1) is 0 Å². The van der Waals surface area contributed by atoms with Crippen LogP contribution in [0.1, 0.15) is 60.7 Å². The fourth-order valence-corrected chi connectivity index (χ4v) is 6.59. The topological polar surface area (TPSA) is 40.4 Å². The van der Waals surface area contributed by atoms with Gasteiger partial charge in [0.2, 0.25) is 0 Å². The Kier molecular flexibility index (Phi) is 8.14. The predicted molar refractivity (Wildman–Crippen MR) is 149 cm³/mol. The van der Waals surface area contributed by atoms with Crippen LogP contribution in [0.25, 0.3) is 0 Å².